The minimum atomic E-state index is -3.44. The highest BCUT2D eigenvalue weighted by Gasteiger charge is 2.21. The molecule has 10 nitrogen and oxygen atoms in total. The molecule has 5 rings (SSSR count). The van der Waals surface area contributed by atoms with Crippen molar-refractivity contribution in [1.82, 2.24) is 14.5 Å². The summed E-state index contributed by atoms with van der Waals surface area (Å²) in [6.45, 7) is 3.29. The van der Waals surface area contributed by atoms with Gasteiger partial charge in [-0.1, -0.05) is 30.3 Å². The minimum Gasteiger partial charge on any atom is -0.423 e. The van der Waals surface area contributed by atoms with Gasteiger partial charge in [-0.15, -0.1) is 0 Å². The van der Waals surface area contributed by atoms with Crippen LogP contribution in [0.2, 0.25) is 0 Å². The fraction of sp³-hybridized carbons (Fsp3) is 0.250. The molecule has 12 heteroatoms. The standard InChI is InChI=1S/C24H26BN5O5S/c1-15-11-18-21(29-36(2,33)34)7-4-8-22(18)30(15)24-27-20-9-10-35-14-19(20)23(28-24)26-13-16-5-3-6-17(12-16)25(31)32/h3-8,11-12,29,31-32H,9-10,13-14H2,1-2H3,(H,26,27,28). The third-order valence-electron chi connectivity index (χ3n) is 6.04. The highest BCUT2D eigenvalue weighted by molar-refractivity contribution is 7.92. The van der Waals surface area contributed by atoms with Crippen molar-refractivity contribution in [3.8, 4) is 5.95 Å². The highest BCUT2D eigenvalue weighted by atomic mass is 32.2. The average Bonchev–Trinajstić information content (AvgIpc) is 3.18. The molecule has 0 bridgehead atoms. The molecule has 0 atom stereocenters. The molecule has 0 aliphatic carbocycles. The van der Waals surface area contributed by atoms with Gasteiger partial charge in [0.15, 0.2) is 0 Å². The first-order valence-electron chi connectivity index (χ1n) is 11.5. The number of aryl methyl sites for hydroxylation is 1. The largest absolute Gasteiger partial charge is 0.488 e. The van der Waals surface area contributed by atoms with Crippen molar-refractivity contribution >= 4 is 45.0 Å². The number of nitrogens with zero attached hydrogens (tertiary/aromatic N) is 3. The molecule has 0 radical (unpaired) electrons. The lowest BCUT2D eigenvalue weighted by atomic mass is 9.79. The summed E-state index contributed by atoms with van der Waals surface area (Å²) in [5, 5.41) is 23.1. The van der Waals surface area contributed by atoms with Gasteiger partial charge in [-0.3, -0.25) is 9.29 Å². The van der Waals surface area contributed by atoms with Crippen LogP contribution in [0.5, 0.6) is 0 Å². The molecule has 0 unspecified atom stereocenters. The minimum absolute atomic E-state index is 0.390. The molecule has 0 saturated carbocycles. The van der Waals surface area contributed by atoms with E-state index in [0.29, 0.717) is 49.1 Å². The zero-order valence-corrected chi connectivity index (χ0v) is 20.7. The monoisotopic (exact) mass is 507 g/mol. The van der Waals surface area contributed by atoms with Gasteiger partial charge in [0.05, 0.1) is 36.4 Å². The maximum atomic E-state index is 11.9. The Morgan fingerprint density at radius 2 is 1.94 bits per heavy atom. The van der Waals surface area contributed by atoms with E-state index in [1.54, 1.807) is 30.3 Å². The molecule has 1 aliphatic rings. The highest BCUT2D eigenvalue weighted by Crippen LogP contribution is 2.31. The van der Waals surface area contributed by atoms with Gasteiger partial charge in [-0.25, -0.2) is 13.4 Å². The zero-order chi connectivity index (χ0) is 25.4. The number of sulfonamides is 1. The molecule has 2 aromatic heterocycles. The maximum absolute atomic E-state index is 11.9. The molecule has 1 aliphatic heterocycles. The number of hydrogen-bond acceptors (Lipinski definition) is 8. The SMILES string of the molecule is Cc1cc2c(NS(C)(=O)=O)cccc2n1-c1nc2c(c(NCc3cccc(B(O)O)c3)n1)COCC2. The second-order valence-corrected chi connectivity index (χ2v) is 10.6. The predicted octanol–water partition coefficient (Wildman–Crippen LogP) is 1.47. The van der Waals surface area contributed by atoms with Crippen LogP contribution in [0.1, 0.15) is 22.5 Å². The van der Waals surface area contributed by atoms with Crippen LogP contribution in [0.3, 0.4) is 0 Å². The van der Waals surface area contributed by atoms with Crippen molar-refractivity contribution in [1.29, 1.82) is 0 Å². The predicted molar refractivity (Wildman–Crippen MR) is 139 cm³/mol. The Bertz CT molecular complexity index is 1550. The summed E-state index contributed by atoms with van der Waals surface area (Å²) in [4.78, 5) is 9.69. The molecule has 2 aromatic carbocycles. The van der Waals surface area contributed by atoms with Gasteiger partial charge in [0.1, 0.15) is 5.82 Å². The number of aromatic nitrogens is 3. The van der Waals surface area contributed by atoms with E-state index in [-0.39, 0.29) is 0 Å². The van der Waals surface area contributed by atoms with E-state index in [9.17, 15) is 18.5 Å². The molecule has 0 saturated heterocycles. The van der Waals surface area contributed by atoms with Gasteiger partial charge >= 0.3 is 7.12 Å². The van der Waals surface area contributed by atoms with E-state index in [2.05, 4.69) is 10.0 Å². The van der Waals surface area contributed by atoms with E-state index < -0.39 is 17.1 Å². The van der Waals surface area contributed by atoms with Gasteiger partial charge < -0.3 is 20.1 Å². The second kappa shape index (κ2) is 9.55. The van der Waals surface area contributed by atoms with Crippen LogP contribution in [0.15, 0.2) is 48.5 Å². The van der Waals surface area contributed by atoms with Crippen molar-refractivity contribution in [3.05, 3.63) is 71.0 Å². The summed E-state index contributed by atoms with van der Waals surface area (Å²) in [6, 6.07) is 14.4. The summed E-state index contributed by atoms with van der Waals surface area (Å²) >= 11 is 0. The Kier molecular flexibility index (Phi) is 6.43. The molecular formula is C24H26BN5O5S. The fourth-order valence-electron chi connectivity index (χ4n) is 4.43. The fourth-order valence-corrected chi connectivity index (χ4v) is 5.01. The Labute approximate surface area is 209 Å². The maximum Gasteiger partial charge on any atom is 0.488 e. The third kappa shape index (κ3) is 4.93. The van der Waals surface area contributed by atoms with Crippen LogP contribution < -0.4 is 15.5 Å². The number of benzene rings is 2. The summed E-state index contributed by atoms with van der Waals surface area (Å²) in [7, 11) is -4.98. The normalized spacial score (nSPS) is 13.4. The summed E-state index contributed by atoms with van der Waals surface area (Å²) in [6.07, 6.45) is 1.77. The van der Waals surface area contributed by atoms with E-state index in [4.69, 9.17) is 14.7 Å². The van der Waals surface area contributed by atoms with E-state index in [1.165, 1.54) is 0 Å². The first-order chi connectivity index (χ1) is 17.2. The molecule has 3 heterocycles. The second-order valence-electron chi connectivity index (χ2n) is 8.81. The van der Waals surface area contributed by atoms with Gasteiger partial charge in [-0.2, -0.15) is 4.98 Å². The smallest absolute Gasteiger partial charge is 0.423 e. The Balaban J connectivity index is 1.56. The van der Waals surface area contributed by atoms with Crippen LogP contribution in [0.4, 0.5) is 11.5 Å². The Hall–Kier alpha value is -3.45. The molecule has 0 spiro atoms. The number of rotatable bonds is 7. The molecule has 36 heavy (non-hydrogen) atoms. The summed E-state index contributed by atoms with van der Waals surface area (Å²) in [5.74, 6) is 1.11. The Morgan fingerprint density at radius 1 is 1.14 bits per heavy atom. The van der Waals surface area contributed by atoms with E-state index in [1.807, 2.05) is 29.7 Å². The van der Waals surface area contributed by atoms with Gasteiger partial charge in [0.25, 0.3) is 0 Å². The van der Waals surface area contributed by atoms with Crippen molar-refractivity contribution in [2.24, 2.45) is 0 Å². The van der Waals surface area contributed by atoms with Crippen molar-refractivity contribution in [2.75, 3.05) is 22.9 Å². The zero-order valence-electron chi connectivity index (χ0n) is 19.9. The van der Waals surface area contributed by atoms with Gasteiger partial charge in [-0.05, 0) is 36.1 Å². The van der Waals surface area contributed by atoms with E-state index in [0.717, 1.165) is 39.7 Å². The molecule has 0 fully saturated rings. The lowest BCUT2D eigenvalue weighted by Crippen LogP contribution is -2.30. The molecule has 4 N–H and O–H groups in total. The lowest BCUT2D eigenvalue weighted by Gasteiger charge is -2.21. The van der Waals surface area contributed by atoms with Gasteiger partial charge in [0, 0.05) is 29.6 Å². The van der Waals surface area contributed by atoms with Crippen molar-refractivity contribution in [3.63, 3.8) is 0 Å². The van der Waals surface area contributed by atoms with Crippen LogP contribution in [0, 0.1) is 6.92 Å². The molecule has 0 amide bonds. The van der Waals surface area contributed by atoms with Gasteiger partial charge in [0.2, 0.25) is 16.0 Å². The van der Waals surface area contributed by atoms with Crippen LogP contribution in [0.25, 0.3) is 16.9 Å². The molecule has 186 valence electrons. The first-order valence-corrected chi connectivity index (χ1v) is 13.3. The number of anilines is 2. The number of hydrogen-bond donors (Lipinski definition) is 4. The topological polar surface area (TPSA) is 139 Å². The number of nitrogens with one attached hydrogen (secondary N) is 2. The third-order valence-corrected chi connectivity index (χ3v) is 6.64. The van der Waals surface area contributed by atoms with E-state index >= 15 is 0 Å². The summed E-state index contributed by atoms with van der Waals surface area (Å²) < 4.78 is 33.9. The number of fused-ring (bicyclic) bond motifs is 2. The quantitative estimate of drug-likeness (QED) is 0.276. The average molecular weight is 507 g/mol. The van der Waals surface area contributed by atoms with Crippen LogP contribution in [-0.4, -0.2) is 53.0 Å². The molecular weight excluding hydrogens is 481 g/mol. The summed E-state index contributed by atoms with van der Waals surface area (Å²) in [5.41, 5.74) is 5.18. The first kappa shape index (κ1) is 24.3. The number of ether oxygens (including phenoxy) is 1. The van der Waals surface area contributed by atoms with Crippen molar-refractivity contribution < 1.29 is 23.2 Å². The lowest BCUT2D eigenvalue weighted by molar-refractivity contribution is 0.109. The van der Waals surface area contributed by atoms with Crippen LogP contribution >= 0.6 is 0 Å². The Morgan fingerprint density at radius 3 is 2.72 bits per heavy atom. The molecule has 4 aromatic rings. The van der Waals surface area contributed by atoms with Crippen molar-refractivity contribution in [2.45, 2.75) is 26.5 Å². The van der Waals surface area contributed by atoms with Crippen LogP contribution in [-0.2, 0) is 34.3 Å².